The molecule has 11 heteroatoms. The lowest BCUT2D eigenvalue weighted by molar-refractivity contribution is -0.127. The van der Waals surface area contributed by atoms with Crippen molar-refractivity contribution in [3.8, 4) is 5.69 Å². The van der Waals surface area contributed by atoms with Crippen LogP contribution in [0.3, 0.4) is 0 Å². The Kier molecular flexibility index (Phi) is 8.06. The molecule has 1 aliphatic rings. The number of carbonyl (C=O) groups is 3. The third kappa shape index (κ3) is 6.83. The highest BCUT2D eigenvalue weighted by Crippen LogP contribution is 2.29. The molecule has 1 saturated heterocycles. The van der Waals surface area contributed by atoms with Crippen molar-refractivity contribution in [3.05, 3.63) is 88.1 Å². The number of amides is 3. The number of anilines is 2. The Balaban J connectivity index is 1.55. The summed E-state index contributed by atoms with van der Waals surface area (Å²) in [4.78, 5) is 52.7. The molecule has 2 heterocycles. The molecular formula is C28H28ClFN4O5. The van der Waals surface area contributed by atoms with Crippen molar-refractivity contribution >= 4 is 40.9 Å². The quantitative estimate of drug-likeness (QED) is 0.475. The molecule has 204 valence electrons. The number of rotatable bonds is 5. The topological polar surface area (TPSA) is 110 Å². The molecule has 39 heavy (non-hydrogen) atoms. The van der Waals surface area contributed by atoms with Crippen molar-refractivity contribution < 1.29 is 23.5 Å². The fourth-order valence-electron chi connectivity index (χ4n) is 4.20. The van der Waals surface area contributed by atoms with Crippen LogP contribution in [0.15, 0.2) is 71.7 Å². The zero-order valence-corrected chi connectivity index (χ0v) is 22.4. The maximum absolute atomic E-state index is 15.0. The summed E-state index contributed by atoms with van der Waals surface area (Å²) < 4.78 is 21.7. The van der Waals surface area contributed by atoms with Gasteiger partial charge in [0.05, 0.1) is 23.2 Å². The molecule has 0 unspecified atom stereocenters. The number of nitrogens with zero attached hydrogens (tertiary/aromatic N) is 2. The van der Waals surface area contributed by atoms with Crippen LogP contribution in [-0.2, 0) is 14.3 Å². The van der Waals surface area contributed by atoms with E-state index in [9.17, 15) is 23.6 Å². The highest BCUT2D eigenvalue weighted by Gasteiger charge is 2.44. The first-order valence-corrected chi connectivity index (χ1v) is 12.6. The summed E-state index contributed by atoms with van der Waals surface area (Å²) in [6.07, 6.45) is 0.842. The van der Waals surface area contributed by atoms with Crippen LogP contribution in [-0.4, -0.2) is 46.1 Å². The van der Waals surface area contributed by atoms with Gasteiger partial charge in [0.1, 0.15) is 11.4 Å². The molecule has 0 bridgehead atoms. The third-order valence-corrected chi connectivity index (χ3v) is 6.32. The summed E-state index contributed by atoms with van der Waals surface area (Å²) in [6, 6.07) is 15.0. The van der Waals surface area contributed by atoms with Gasteiger partial charge in [-0.1, -0.05) is 17.7 Å². The van der Waals surface area contributed by atoms with Gasteiger partial charge < -0.3 is 20.3 Å². The van der Waals surface area contributed by atoms with Crippen LogP contribution in [0.25, 0.3) is 5.69 Å². The van der Waals surface area contributed by atoms with Gasteiger partial charge in [0, 0.05) is 42.1 Å². The van der Waals surface area contributed by atoms with E-state index in [1.807, 2.05) is 0 Å². The van der Waals surface area contributed by atoms with Gasteiger partial charge >= 0.3 is 6.09 Å². The van der Waals surface area contributed by atoms with Gasteiger partial charge in [0.2, 0.25) is 11.8 Å². The molecule has 0 saturated carbocycles. The fourth-order valence-corrected chi connectivity index (χ4v) is 4.33. The summed E-state index contributed by atoms with van der Waals surface area (Å²) >= 11 is 5.92. The number of aromatic nitrogens is 1. The molecule has 3 aromatic rings. The molecule has 0 radical (unpaired) electrons. The summed E-state index contributed by atoms with van der Waals surface area (Å²) in [7, 11) is 0. The minimum Gasteiger partial charge on any atom is -0.444 e. The first-order valence-electron chi connectivity index (χ1n) is 12.2. The Bertz CT molecular complexity index is 1450. The van der Waals surface area contributed by atoms with Crippen LogP contribution >= 0.6 is 11.6 Å². The third-order valence-electron chi connectivity index (χ3n) is 6.07. The number of ether oxygens (including phenoxy) is 1. The molecule has 4 rings (SSSR count). The number of nitrogens with one attached hydrogen (secondary N) is 2. The molecule has 1 aromatic heterocycles. The van der Waals surface area contributed by atoms with E-state index in [0.29, 0.717) is 10.7 Å². The lowest BCUT2D eigenvalue weighted by atomic mass is 9.94. The highest BCUT2D eigenvalue weighted by molar-refractivity contribution is 6.30. The first-order chi connectivity index (χ1) is 18.4. The Labute approximate surface area is 229 Å². The smallest absolute Gasteiger partial charge is 0.410 e. The molecule has 3 amide bonds. The van der Waals surface area contributed by atoms with E-state index in [0.717, 1.165) is 6.07 Å². The molecule has 0 aliphatic carbocycles. The summed E-state index contributed by atoms with van der Waals surface area (Å²) in [5, 5.41) is 5.77. The van der Waals surface area contributed by atoms with Gasteiger partial charge in [-0.15, -0.1) is 0 Å². The monoisotopic (exact) mass is 554 g/mol. The van der Waals surface area contributed by atoms with E-state index < -0.39 is 41.2 Å². The Morgan fingerprint density at radius 3 is 2.18 bits per heavy atom. The second-order valence-corrected chi connectivity index (χ2v) is 10.6. The maximum Gasteiger partial charge on any atom is 0.410 e. The average molecular weight is 555 g/mol. The second kappa shape index (κ2) is 11.3. The lowest BCUT2D eigenvalue weighted by Gasteiger charge is -2.24. The van der Waals surface area contributed by atoms with Crippen LogP contribution in [0.4, 0.5) is 20.6 Å². The molecule has 0 spiro atoms. The van der Waals surface area contributed by atoms with Gasteiger partial charge in [-0.2, -0.15) is 0 Å². The van der Waals surface area contributed by atoms with Crippen molar-refractivity contribution in [2.75, 3.05) is 23.7 Å². The Morgan fingerprint density at radius 2 is 1.59 bits per heavy atom. The highest BCUT2D eigenvalue weighted by atomic mass is 35.5. The van der Waals surface area contributed by atoms with E-state index in [1.54, 1.807) is 57.2 Å². The summed E-state index contributed by atoms with van der Waals surface area (Å²) in [5.74, 6) is -3.80. The van der Waals surface area contributed by atoms with Crippen LogP contribution in [0, 0.1) is 17.7 Å². The normalized spacial score (nSPS) is 17.0. The molecule has 9 nitrogen and oxygen atoms in total. The summed E-state index contributed by atoms with van der Waals surface area (Å²) in [6.45, 7) is 4.98. The number of hydrogen-bond donors (Lipinski definition) is 2. The standard InChI is InChI=1S/C28H28ClFN4O5/c1-28(2,3)39-27(38)33-15-20(25(36)31-18-9-7-17(29)8-10-18)21(16-33)26(37)32-23-12-11-19(14-22(23)30)34-13-5-4-6-24(34)35/h4-14,20-21H,15-16H2,1-3H3,(H,31,36)(H,32,37)/t20-,21-/m0/s1. The fraction of sp³-hybridized carbons (Fsp3) is 0.286. The minimum absolute atomic E-state index is 0.0647. The van der Waals surface area contributed by atoms with Crippen molar-refractivity contribution in [2.45, 2.75) is 26.4 Å². The predicted molar refractivity (Wildman–Crippen MR) is 145 cm³/mol. The predicted octanol–water partition coefficient (Wildman–Crippen LogP) is 4.69. The van der Waals surface area contributed by atoms with Gasteiger partial charge in [-0.25, -0.2) is 9.18 Å². The maximum atomic E-state index is 15.0. The molecule has 1 aliphatic heterocycles. The Morgan fingerprint density at radius 1 is 0.949 bits per heavy atom. The van der Waals surface area contributed by atoms with Gasteiger partial charge in [0.25, 0.3) is 5.56 Å². The van der Waals surface area contributed by atoms with Gasteiger partial charge in [0.15, 0.2) is 0 Å². The van der Waals surface area contributed by atoms with Gasteiger partial charge in [-0.05, 0) is 63.2 Å². The lowest BCUT2D eigenvalue weighted by Crippen LogP contribution is -2.36. The molecule has 1 fully saturated rings. The van der Waals surface area contributed by atoms with Crippen LogP contribution in [0.1, 0.15) is 20.8 Å². The van der Waals surface area contributed by atoms with Crippen LogP contribution in [0.5, 0.6) is 0 Å². The minimum atomic E-state index is -0.986. The number of hydrogen-bond acceptors (Lipinski definition) is 5. The molecule has 2 atom stereocenters. The second-order valence-electron chi connectivity index (χ2n) is 10.2. The van der Waals surface area contributed by atoms with E-state index >= 15 is 0 Å². The van der Waals surface area contributed by atoms with Crippen LogP contribution < -0.4 is 16.2 Å². The van der Waals surface area contributed by atoms with Crippen molar-refractivity contribution in [2.24, 2.45) is 11.8 Å². The van der Waals surface area contributed by atoms with E-state index in [1.165, 1.54) is 33.9 Å². The van der Waals surface area contributed by atoms with E-state index in [2.05, 4.69) is 10.6 Å². The number of benzene rings is 2. The summed E-state index contributed by atoms with van der Waals surface area (Å²) in [5.41, 5.74) is -0.480. The van der Waals surface area contributed by atoms with Crippen LogP contribution in [0.2, 0.25) is 5.02 Å². The average Bonchev–Trinajstić information content (AvgIpc) is 3.32. The molecule has 2 N–H and O–H groups in total. The van der Waals surface area contributed by atoms with Gasteiger partial charge in [-0.3, -0.25) is 19.0 Å². The molecule has 2 aromatic carbocycles. The first kappa shape index (κ1) is 27.8. The Hall–Kier alpha value is -4.18. The molecular weight excluding hydrogens is 527 g/mol. The number of likely N-dealkylation sites (tertiary alicyclic amines) is 1. The zero-order chi connectivity index (χ0) is 28.3. The number of halogens is 2. The van der Waals surface area contributed by atoms with Crippen molar-refractivity contribution in [1.82, 2.24) is 9.47 Å². The SMILES string of the molecule is CC(C)(C)OC(=O)N1C[C@H](C(=O)Nc2ccc(Cl)cc2)[C@@H](C(=O)Nc2ccc(-n3ccccc3=O)cc2F)C1. The van der Waals surface area contributed by atoms with E-state index in [-0.39, 0.29) is 30.0 Å². The number of carbonyl (C=O) groups excluding carboxylic acids is 3. The van der Waals surface area contributed by atoms with Crippen molar-refractivity contribution in [3.63, 3.8) is 0 Å². The van der Waals surface area contributed by atoms with E-state index in [4.69, 9.17) is 16.3 Å². The largest absolute Gasteiger partial charge is 0.444 e. The zero-order valence-electron chi connectivity index (χ0n) is 21.6. The van der Waals surface area contributed by atoms with Crippen molar-refractivity contribution in [1.29, 1.82) is 0 Å². The number of pyridine rings is 1.